The van der Waals surface area contributed by atoms with Crippen LogP contribution in [0.1, 0.15) is 66.4 Å². The van der Waals surface area contributed by atoms with Crippen molar-refractivity contribution in [3.05, 3.63) is 42.5 Å². The molecule has 2 atom stereocenters. The first-order chi connectivity index (χ1) is 16.0. The number of methoxy groups -OCH3 is 1. The highest BCUT2D eigenvalue weighted by Gasteiger charge is 2.35. The molecule has 0 bridgehead atoms. The summed E-state index contributed by atoms with van der Waals surface area (Å²) in [5.74, 6) is 0.140. The summed E-state index contributed by atoms with van der Waals surface area (Å²) < 4.78 is 23.5. The lowest BCUT2D eigenvalue weighted by Crippen LogP contribution is -2.44. The van der Waals surface area contributed by atoms with Crippen LogP contribution in [0, 0.1) is 0 Å². The Bertz CT molecular complexity index is 756. The predicted octanol–water partition coefficient (Wildman–Crippen LogP) is 6.24. The average Bonchev–Trinajstić information content (AvgIpc) is 2.80. The monoisotopic (exact) mass is 492 g/mol. The third kappa shape index (κ3) is 10.5. The van der Waals surface area contributed by atoms with Gasteiger partial charge in [0.2, 0.25) is 0 Å². The predicted molar refractivity (Wildman–Crippen MR) is 139 cm³/mol. The Balaban J connectivity index is 2.90. The van der Waals surface area contributed by atoms with E-state index in [2.05, 4.69) is 27.4 Å². The summed E-state index contributed by atoms with van der Waals surface area (Å²) in [6, 6.07) is 10.7. The van der Waals surface area contributed by atoms with Crippen LogP contribution in [0.5, 0.6) is 5.75 Å². The van der Waals surface area contributed by atoms with Crippen LogP contribution in [0.2, 0.25) is 18.1 Å². The molecule has 0 spiro atoms. The first-order valence-electron chi connectivity index (χ1n) is 12.3. The van der Waals surface area contributed by atoms with Gasteiger partial charge in [-0.3, -0.25) is 9.59 Å². The Morgan fingerprint density at radius 2 is 1.65 bits per heavy atom. The van der Waals surface area contributed by atoms with Crippen molar-refractivity contribution in [1.29, 1.82) is 0 Å². The fourth-order valence-electron chi connectivity index (χ4n) is 3.78. The van der Waals surface area contributed by atoms with E-state index in [4.69, 9.17) is 18.6 Å². The summed E-state index contributed by atoms with van der Waals surface area (Å²) in [5, 5.41) is 0. The smallest absolute Gasteiger partial charge is 0.313 e. The van der Waals surface area contributed by atoms with Crippen LogP contribution in [-0.4, -0.2) is 45.0 Å². The molecule has 0 radical (unpaired) electrons. The highest BCUT2D eigenvalue weighted by Crippen LogP contribution is 2.28. The van der Waals surface area contributed by atoms with Crippen LogP contribution in [0.4, 0.5) is 0 Å². The summed E-state index contributed by atoms with van der Waals surface area (Å²) >= 11 is 0. The molecule has 0 aliphatic rings. The molecular weight excluding hydrogens is 448 g/mol. The van der Waals surface area contributed by atoms with Gasteiger partial charge >= 0.3 is 5.97 Å². The van der Waals surface area contributed by atoms with Crippen LogP contribution in [-0.2, 0) is 30.1 Å². The van der Waals surface area contributed by atoms with Gasteiger partial charge in [-0.25, -0.2) is 0 Å². The van der Waals surface area contributed by atoms with Gasteiger partial charge in [-0.2, -0.15) is 0 Å². The molecule has 6 nitrogen and oxygen atoms in total. The molecule has 0 aliphatic heterocycles. The van der Waals surface area contributed by atoms with Gasteiger partial charge in [0.15, 0.2) is 8.32 Å². The Morgan fingerprint density at radius 1 is 1.06 bits per heavy atom. The third-order valence-corrected chi connectivity index (χ3v) is 10.7. The van der Waals surface area contributed by atoms with Crippen molar-refractivity contribution >= 4 is 20.1 Å². The SMILES string of the molecule is C=C[C@H](OCc1ccc(OC)cc1)[C@@H](CCC(=O)CC(=O)OC(C)(C)C)O[Si](CC)(CC)CC. The van der Waals surface area contributed by atoms with Crippen molar-refractivity contribution in [2.24, 2.45) is 0 Å². The van der Waals surface area contributed by atoms with Crippen LogP contribution in [0.25, 0.3) is 0 Å². The summed E-state index contributed by atoms with van der Waals surface area (Å²) in [7, 11) is -0.328. The number of carbonyl (C=O) groups is 2. The summed E-state index contributed by atoms with van der Waals surface area (Å²) in [6.45, 7) is 16.3. The van der Waals surface area contributed by atoms with E-state index < -0.39 is 19.9 Å². The molecule has 0 amide bonds. The molecule has 0 heterocycles. The highest BCUT2D eigenvalue weighted by atomic mass is 28.4. The van der Waals surface area contributed by atoms with Crippen LogP contribution >= 0.6 is 0 Å². The fraction of sp³-hybridized carbons (Fsp3) is 0.630. The Kier molecular flexibility index (Phi) is 12.8. The number of rotatable bonds is 16. The molecule has 0 aromatic heterocycles. The molecule has 192 valence electrons. The standard InChI is InChI=1S/C27H44O6Si/c1-9-24(31-20-21-13-16-23(30-8)17-14-21)25(33-34(10-2,11-3)12-4)18-15-22(28)19-26(29)32-27(5,6)7/h9,13-14,16-17,24-25H,1,10-12,15,18-20H2,2-8H3/t24-,25+/m0/s1. The lowest BCUT2D eigenvalue weighted by molar-refractivity contribution is -0.156. The molecule has 0 saturated heterocycles. The number of carbonyl (C=O) groups excluding carboxylic acids is 2. The lowest BCUT2D eigenvalue weighted by atomic mass is 10.0. The van der Waals surface area contributed by atoms with Gasteiger partial charge in [0.05, 0.1) is 19.8 Å². The number of ketones is 1. The Labute approximate surface area is 207 Å². The first-order valence-corrected chi connectivity index (χ1v) is 14.8. The van der Waals surface area contributed by atoms with E-state index in [1.54, 1.807) is 34.0 Å². The van der Waals surface area contributed by atoms with Gasteiger partial charge in [0, 0.05) is 6.42 Å². The van der Waals surface area contributed by atoms with Crippen molar-refractivity contribution in [1.82, 2.24) is 0 Å². The summed E-state index contributed by atoms with van der Waals surface area (Å²) in [4.78, 5) is 24.6. The van der Waals surface area contributed by atoms with Crippen LogP contribution in [0.3, 0.4) is 0 Å². The third-order valence-electron chi connectivity index (χ3n) is 6.00. The number of esters is 1. The second-order valence-electron chi connectivity index (χ2n) is 9.60. The van der Waals surface area contributed by atoms with E-state index in [0.717, 1.165) is 29.4 Å². The van der Waals surface area contributed by atoms with E-state index in [9.17, 15) is 9.59 Å². The number of hydrogen-bond donors (Lipinski definition) is 0. The lowest BCUT2D eigenvalue weighted by Gasteiger charge is -2.36. The minimum absolute atomic E-state index is 0.155. The molecule has 0 unspecified atom stereocenters. The zero-order chi connectivity index (χ0) is 25.8. The minimum atomic E-state index is -1.96. The molecular formula is C27H44O6Si. The van der Waals surface area contributed by atoms with Crippen molar-refractivity contribution in [3.8, 4) is 5.75 Å². The fourth-order valence-corrected chi connectivity index (χ4v) is 6.68. The van der Waals surface area contributed by atoms with Crippen molar-refractivity contribution < 1.29 is 28.2 Å². The second kappa shape index (κ2) is 14.4. The van der Waals surface area contributed by atoms with E-state index in [1.165, 1.54) is 0 Å². The van der Waals surface area contributed by atoms with E-state index >= 15 is 0 Å². The van der Waals surface area contributed by atoms with E-state index in [0.29, 0.717) is 13.0 Å². The molecule has 1 aromatic rings. The molecule has 7 heteroatoms. The number of benzene rings is 1. The number of ether oxygens (including phenoxy) is 3. The quantitative estimate of drug-likeness (QED) is 0.118. The molecule has 34 heavy (non-hydrogen) atoms. The maximum atomic E-state index is 12.5. The maximum absolute atomic E-state index is 12.5. The Morgan fingerprint density at radius 3 is 2.12 bits per heavy atom. The van der Waals surface area contributed by atoms with Gasteiger partial charge < -0.3 is 18.6 Å². The second-order valence-corrected chi connectivity index (χ2v) is 14.3. The molecule has 0 saturated carbocycles. The van der Waals surface area contributed by atoms with E-state index in [-0.39, 0.29) is 30.8 Å². The first kappa shape index (κ1) is 30.1. The van der Waals surface area contributed by atoms with Crippen molar-refractivity contribution in [3.63, 3.8) is 0 Å². The molecule has 0 aliphatic carbocycles. The minimum Gasteiger partial charge on any atom is -0.497 e. The van der Waals surface area contributed by atoms with Crippen LogP contribution < -0.4 is 4.74 Å². The summed E-state index contributed by atoms with van der Waals surface area (Å²) in [5.41, 5.74) is 0.401. The van der Waals surface area contributed by atoms with Gasteiger partial charge in [-0.15, -0.1) is 6.58 Å². The van der Waals surface area contributed by atoms with Gasteiger partial charge in [0.25, 0.3) is 0 Å². The molecule has 0 N–H and O–H groups in total. The largest absolute Gasteiger partial charge is 0.497 e. The highest BCUT2D eigenvalue weighted by molar-refractivity contribution is 6.73. The Hall–Kier alpha value is -1.96. The van der Waals surface area contributed by atoms with Gasteiger partial charge in [0.1, 0.15) is 29.7 Å². The molecule has 0 fully saturated rings. The maximum Gasteiger partial charge on any atom is 0.313 e. The van der Waals surface area contributed by atoms with Crippen molar-refractivity contribution in [2.45, 2.75) is 103 Å². The van der Waals surface area contributed by atoms with E-state index in [1.807, 2.05) is 24.3 Å². The summed E-state index contributed by atoms with van der Waals surface area (Å²) in [6.07, 6.45) is 1.55. The zero-order valence-corrected chi connectivity index (χ0v) is 23.1. The number of Topliss-reactive ketones (excluding diaryl/α,β-unsaturated/α-hetero) is 1. The zero-order valence-electron chi connectivity index (χ0n) is 22.1. The molecule has 1 rings (SSSR count). The van der Waals surface area contributed by atoms with Crippen molar-refractivity contribution in [2.75, 3.05) is 7.11 Å². The topological polar surface area (TPSA) is 71.1 Å². The molecule has 1 aromatic carbocycles. The number of hydrogen-bond acceptors (Lipinski definition) is 6. The normalized spacial score (nSPS) is 13.7. The average molecular weight is 493 g/mol. The van der Waals surface area contributed by atoms with Gasteiger partial charge in [-0.1, -0.05) is 39.0 Å². The van der Waals surface area contributed by atoms with Crippen LogP contribution in [0.15, 0.2) is 36.9 Å². The van der Waals surface area contributed by atoms with Gasteiger partial charge in [-0.05, 0) is 63.0 Å².